The molecule has 7 heteroatoms. The first-order valence-corrected chi connectivity index (χ1v) is 9.53. The number of hydrogen-bond donors (Lipinski definition) is 2. The molecule has 1 aliphatic rings. The second-order valence-electron chi connectivity index (χ2n) is 7.02. The molecule has 2 aromatic rings. The van der Waals surface area contributed by atoms with Crippen molar-refractivity contribution in [3.8, 4) is 0 Å². The van der Waals surface area contributed by atoms with Crippen LogP contribution >= 0.6 is 24.0 Å². The first-order chi connectivity index (χ1) is 13.2. The molecule has 1 aliphatic heterocycles. The van der Waals surface area contributed by atoms with Gasteiger partial charge in [-0.3, -0.25) is 4.99 Å². The van der Waals surface area contributed by atoms with E-state index >= 15 is 0 Å². The Kier molecular flexibility index (Phi) is 8.98. The SMILES string of the molecule is CN=C(NCc1ccc(N2CCN(C)CC2)nc1)NCc1ccccc1C.I. The molecule has 1 aromatic heterocycles. The van der Waals surface area contributed by atoms with Crippen molar-refractivity contribution >= 4 is 35.8 Å². The van der Waals surface area contributed by atoms with Crippen molar-refractivity contribution in [1.29, 1.82) is 0 Å². The molecule has 28 heavy (non-hydrogen) atoms. The molecule has 6 nitrogen and oxygen atoms in total. The predicted molar refractivity (Wildman–Crippen MR) is 128 cm³/mol. The van der Waals surface area contributed by atoms with Crippen LogP contribution in [0.3, 0.4) is 0 Å². The van der Waals surface area contributed by atoms with Crippen LogP contribution in [0.1, 0.15) is 16.7 Å². The maximum Gasteiger partial charge on any atom is 0.191 e. The summed E-state index contributed by atoms with van der Waals surface area (Å²) in [5, 5.41) is 6.73. The first kappa shape index (κ1) is 22.4. The van der Waals surface area contributed by atoms with E-state index in [1.165, 1.54) is 11.1 Å². The lowest BCUT2D eigenvalue weighted by molar-refractivity contribution is 0.312. The summed E-state index contributed by atoms with van der Waals surface area (Å²) in [6.45, 7) is 7.84. The monoisotopic (exact) mass is 494 g/mol. The number of nitrogens with zero attached hydrogens (tertiary/aromatic N) is 4. The lowest BCUT2D eigenvalue weighted by atomic mass is 10.1. The third kappa shape index (κ3) is 6.34. The van der Waals surface area contributed by atoms with E-state index in [-0.39, 0.29) is 24.0 Å². The van der Waals surface area contributed by atoms with Crippen molar-refractivity contribution in [2.75, 3.05) is 45.2 Å². The van der Waals surface area contributed by atoms with Gasteiger partial charge in [0.05, 0.1) is 0 Å². The van der Waals surface area contributed by atoms with Crippen LogP contribution in [0.4, 0.5) is 5.82 Å². The van der Waals surface area contributed by atoms with E-state index in [9.17, 15) is 0 Å². The number of piperazine rings is 1. The average molecular weight is 494 g/mol. The van der Waals surface area contributed by atoms with Gasteiger partial charge in [-0.15, -0.1) is 24.0 Å². The Balaban J connectivity index is 0.00000280. The lowest BCUT2D eigenvalue weighted by Gasteiger charge is -2.33. The van der Waals surface area contributed by atoms with Gasteiger partial charge in [0.15, 0.2) is 5.96 Å². The molecular weight excluding hydrogens is 463 g/mol. The number of guanidine groups is 1. The van der Waals surface area contributed by atoms with E-state index < -0.39 is 0 Å². The fourth-order valence-electron chi connectivity index (χ4n) is 3.14. The van der Waals surface area contributed by atoms with Crippen LogP contribution in [0.5, 0.6) is 0 Å². The van der Waals surface area contributed by atoms with E-state index in [0.717, 1.165) is 50.1 Å². The van der Waals surface area contributed by atoms with Gasteiger partial charge in [0, 0.05) is 52.5 Å². The van der Waals surface area contributed by atoms with Crippen LogP contribution in [0.25, 0.3) is 0 Å². The van der Waals surface area contributed by atoms with E-state index in [4.69, 9.17) is 0 Å². The summed E-state index contributed by atoms with van der Waals surface area (Å²) in [6, 6.07) is 12.6. The van der Waals surface area contributed by atoms with Gasteiger partial charge in [0.1, 0.15) is 5.82 Å². The number of pyridine rings is 1. The second kappa shape index (κ2) is 11.2. The Labute approximate surface area is 185 Å². The van der Waals surface area contributed by atoms with Crippen molar-refractivity contribution in [2.24, 2.45) is 4.99 Å². The Morgan fingerprint density at radius 2 is 1.75 bits per heavy atom. The van der Waals surface area contributed by atoms with Gasteiger partial charge in [0.25, 0.3) is 0 Å². The minimum atomic E-state index is 0. The molecule has 0 radical (unpaired) electrons. The average Bonchev–Trinajstić information content (AvgIpc) is 2.70. The topological polar surface area (TPSA) is 55.8 Å². The number of benzene rings is 1. The first-order valence-electron chi connectivity index (χ1n) is 9.53. The molecule has 1 aromatic carbocycles. The Morgan fingerprint density at radius 3 is 2.39 bits per heavy atom. The molecule has 0 aliphatic carbocycles. The summed E-state index contributed by atoms with van der Waals surface area (Å²) < 4.78 is 0. The summed E-state index contributed by atoms with van der Waals surface area (Å²) in [5.74, 6) is 1.86. The summed E-state index contributed by atoms with van der Waals surface area (Å²) in [5.41, 5.74) is 3.70. The molecule has 0 spiro atoms. The summed E-state index contributed by atoms with van der Waals surface area (Å²) in [4.78, 5) is 13.6. The zero-order valence-corrected chi connectivity index (χ0v) is 19.3. The van der Waals surface area contributed by atoms with E-state index in [1.54, 1.807) is 7.05 Å². The minimum absolute atomic E-state index is 0. The molecule has 2 N–H and O–H groups in total. The number of rotatable bonds is 5. The normalized spacial score (nSPS) is 15.1. The highest BCUT2D eigenvalue weighted by atomic mass is 127. The highest BCUT2D eigenvalue weighted by Gasteiger charge is 2.14. The Morgan fingerprint density at radius 1 is 1.04 bits per heavy atom. The van der Waals surface area contributed by atoms with Crippen molar-refractivity contribution < 1.29 is 0 Å². The summed E-state index contributed by atoms with van der Waals surface area (Å²) in [6.07, 6.45) is 1.95. The standard InChI is InChI=1S/C21H30N6.HI/c1-17-6-4-5-7-19(17)16-25-21(22-2)24-15-18-8-9-20(23-14-18)27-12-10-26(3)11-13-27;/h4-9,14H,10-13,15-16H2,1-3H3,(H2,22,24,25);1H. The highest BCUT2D eigenvalue weighted by molar-refractivity contribution is 14.0. The zero-order chi connectivity index (χ0) is 19.1. The van der Waals surface area contributed by atoms with Crippen LogP contribution in [0, 0.1) is 6.92 Å². The van der Waals surface area contributed by atoms with Crippen molar-refractivity contribution in [3.63, 3.8) is 0 Å². The number of nitrogens with one attached hydrogen (secondary N) is 2. The van der Waals surface area contributed by atoms with Crippen molar-refractivity contribution in [3.05, 3.63) is 59.3 Å². The molecule has 1 saturated heterocycles. The number of aromatic nitrogens is 1. The van der Waals surface area contributed by atoms with Gasteiger partial charge < -0.3 is 20.4 Å². The lowest BCUT2D eigenvalue weighted by Crippen LogP contribution is -2.44. The fourth-order valence-corrected chi connectivity index (χ4v) is 3.14. The van der Waals surface area contributed by atoms with Crippen LogP contribution in [-0.2, 0) is 13.1 Å². The number of aliphatic imine (C=N–C) groups is 1. The molecule has 0 saturated carbocycles. The molecule has 0 bridgehead atoms. The molecule has 0 amide bonds. The Bertz CT molecular complexity index is 754. The number of halogens is 1. The van der Waals surface area contributed by atoms with Crippen LogP contribution in [0.15, 0.2) is 47.6 Å². The van der Waals surface area contributed by atoms with Gasteiger partial charge in [-0.1, -0.05) is 30.3 Å². The smallest absolute Gasteiger partial charge is 0.191 e. The van der Waals surface area contributed by atoms with Gasteiger partial charge in [0.2, 0.25) is 0 Å². The van der Waals surface area contributed by atoms with Crippen LogP contribution in [0.2, 0.25) is 0 Å². The number of hydrogen-bond acceptors (Lipinski definition) is 4. The van der Waals surface area contributed by atoms with Gasteiger partial charge >= 0.3 is 0 Å². The molecule has 0 unspecified atom stereocenters. The summed E-state index contributed by atoms with van der Waals surface area (Å²) >= 11 is 0. The molecule has 3 rings (SSSR count). The fraction of sp³-hybridized carbons (Fsp3) is 0.429. The Hall–Kier alpha value is -1.87. The number of likely N-dealkylation sites (N-methyl/N-ethyl adjacent to an activating group) is 1. The highest BCUT2D eigenvalue weighted by Crippen LogP contribution is 2.13. The van der Waals surface area contributed by atoms with Crippen LogP contribution < -0.4 is 15.5 Å². The largest absolute Gasteiger partial charge is 0.354 e. The van der Waals surface area contributed by atoms with Gasteiger partial charge in [-0.05, 0) is 36.7 Å². The second-order valence-corrected chi connectivity index (χ2v) is 7.02. The quantitative estimate of drug-likeness (QED) is 0.381. The summed E-state index contributed by atoms with van der Waals surface area (Å²) in [7, 11) is 3.96. The number of anilines is 1. The van der Waals surface area contributed by atoms with Crippen molar-refractivity contribution in [2.45, 2.75) is 20.0 Å². The molecule has 152 valence electrons. The number of aryl methyl sites for hydroxylation is 1. The molecule has 2 heterocycles. The van der Waals surface area contributed by atoms with E-state index in [1.807, 2.05) is 6.20 Å². The maximum atomic E-state index is 4.64. The van der Waals surface area contributed by atoms with Gasteiger partial charge in [-0.2, -0.15) is 0 Å². The van der Waals surface area contributed by atoms with E-state index in [2.05, 4.69) is 80.8 Å². The third-order valence-corrected chi connectivity index (χ3v) is 5.03. The van der Waals surface area contributed by atoms with E-state index in [0.29, 0.717) is 6.54 Å². The van der Waals surface area contributed by atoms with Crippen LogP contribution in [-0.4, -0.2) is 56.1 Å². The maximum absolute atomic E-state index is 4.64. The molecular formula is C21H31IN6. The molecule has 1 fully saturated rings. The predicted octanol–water partition coefficient (Wildman–Crippen LogP) is 2.63. The molecule has 0 atom stereocenters. The van der Waals surface area contributed by atoms with Gasteiger partial charge in [-0.25, -0.2) is 4.98 Å². The van der Waals surface area contributed by atoms with Crippen molar-refractivity contribution in [1.82, 2.24) is 20.5 Å². The minimum Gasteiger partial charge on any atom is -0.354 e. The zero-order valence-electron chi connectivity index (χ0n) is 17.0. The third-order valence-electron chi connectivity index (χ3n) is 5.03.